The summed E-state index contributed by atoms with van der Waals surface area (Å²) in [4.78, 5) is 26.2. The third-order valence-corrected chi connectivity index (χ3v) is 6.45. The highest BCUT2D eigenvalue weighted by atomic mass is 16.5. The number of esters is 1. The van der Waals surface area contributed by atoms with Gasteiger partial charge in [-0.3, -0.25) is 4.79 Å². The molecular weight excluding hydrogens is 346 g/mol. The fourth-order valence-electron chi connectivity index (χ4n) is 4.43. The van der Waals surface area contributed by atoms with Crippen molar-refractivity contribution in [2.24, 2.45) is 17.3 Å². The molecule has 4 rings (SSSR count). The van der Waals surface area contributed by atoms with Gasteiger partial charge < -0.3 is 19.5 Å². The van der Waals surface area contributed by atoms with Crippen molar-refractivity contribution in [3.63, 3.8) is 0 Å². The molecule has 0 bridgehead atoms. The second-order valence-electron chi connectivity index (χ2n) is 8.50. The van der Waals surface area contributed by atoms with E-state index in [-0.39, 0.29) is 23.4 Å². The Kier molecular flexibility index (Phi) is 4.62. The van der Waals surface area contributed by atoms with Crippen LogP contribution in [0.2, 0.25) is 0 Å². The molecule has 1 amide bonds. The molecule has 1 saturated heterocycles. The summed E-state index contributed by atoms with van der Waals surface area (Å²) in [5.74, 6) is 1.25. The van der Waals surface area contributed by atoms with Crippen molar-refractivity contribution in [3.8, 4) is 5.75 Å². The van der Waals surface area contributed by atoms with Gasteiger partial charge in [0.05, 0.1) is 18.8 Å². The van der Waals surface area contributed by atoms with Gasteiger partial charge in [-0.25, -0.2) is 4.79 Å². The van der Waals surface area contributed by atoms with E-state index in [0.717, 1.165) is 32.4 Å². The minimum absolute atomic E-state index is 0.136. The van der Waals surface area contributed by atoms with Gasteiger partial charge in [-0.05, 0) is 61.8 Å². The third-order valence-electron chi connectivity index (χ3n) is 6.45. The maximum absolute atomic E-state index is 12.6. The average molecular weight is 373 g/mol. The summed E-state index contributed by atoms with van der Waals surface area (Å²) in [6.07, 6.45) is 2.56. The minimum atomic E-state index is -0.543. The standard InChI is InChI=1S/C21H27NO5/c1-21(7-8-21)20(25)22-11-14-9-17(23)18(10-15(14)12-22)27-16-5-3-13(4-6-16)19(24)26-2/h3-6,14-15,17-18,23H,7-12H2,1-2H3/t14-,15+,17+,18+/m0/s1. The van der Waals surface area contributed by atoms with Crippen molar-refractivity contribution in [1.29, 1.82) is 0 Å². The van der Waals surface area contributed by atoms with Gasteiger partial charge in [0.25, 0.3) is 0 Å². The normalized spacial score (nSPS) is 31.1. The largest absolute Gasteiger partial charge is 0.488 e. The van der Waals surface area contributed by atoms with Gasteiger partial charge >= 0.3 is 5.97 Å². The zero-order valence-corrected chi connectivity index (χ0v) is 15.9. The van der Waals surface area contributed by atoms with Gasteiger partial charge in [-0.15, -0.1) is 0 Å². The molecule has 1 aromatic carbocycles. The summed E-state index contributed by atoms with van der Waals surface area (Å²) in [5, 5.41) is 10.6. The summed E-state index contributed by atoms with van der Waals surface area (Å²) in [6.45, 7) is 3.58. The van der Waals surface area contributed by atoms with E-state index in [0.29, 0.717) is 29.6 Å². The van der Waals surface area contributed by atoms with Crippen molar-refractivity contribution in [2.75, 3.05) is 20.2 Å². The Morgan fingerprint density at radius 2 is 1.74 bits per heavy atom. The molecule has 6 heteroatoms. The topological polar surface area (TPSA) is 76.1 Å². The van der Waals surface area contributed by atoms with Crippen LogP contribution in [0.5, 0.6) is 5.75 Å². The van der Waals surface area contributed by atoms with E-state index >= 15 is 0 Å². The van der Waals surface area contributed by atoms with E-state index in [1.165, 1.54) is 7.11 Å². The lowest BCUT2D eigenvalue weighted by atomic mass is 9.78. The number of benzene rings is 1. The average Bonchev–Trinajstić information content (AvgIpc) is 3.29. The fraction of sp³-hybridized carbons (Fsp3) is 0.619. The first-order valence-corrected chi connectivity index (χ1v) is 9.72. The Bertz CT molecular complexity index is 727. The van der Waals surface area contributed by atoms with E-state index < -0.39 is 6.10 Å². The van der Waals surface area contributed by atoms with Gasteiger partial charge in [-0.1, -0.05) is 6.92 Å². The van der Waals surface area contributed by atoms with Crippen molar-refractivity contribution in [3.05, 3.63) is 29.8 Å². The Labute approximate surface area is 159 Å². The lowest BCUT2D eigenvalue weighted by Crippen LogP contribution is -2.42. The molecule has 1 heterocycles. The quantitative estimate of drug-likeness (QED) is 0.820. The highest BCUT2D eigenvalue weighted by Gasteiger charge is 2.51. The Morgan fingerprint density at radius 1 is 1.11 bits per heavy atom. The number of aliphatic hydroxyl groups excluding tert-OH is 1. The number of likely N-dealkylation sites (tertiary alicyclic amines) is 1. The van der Waals surface area contributed by atoms with Gasteiger partial charge in [0.2, 0.25) is 5.91 Å². The number of hydrogen-bond acceptors (Lipinski definition) is 5. The molecule has 1 N–H and O–H groups in total. The summed E-state index contributed by atoms with van der Waals surface area (Å²) in [6, 6.07) is 6.77. The molecule has 6 nitrogen and oxygen atoms in total. The van der Waals surface area contributed by atoms with E-state index in [4.69, 9.17) is 9.47 Å². The molecule has 0 spiro atoms. The Hall–Kier alpha value is -2.08. The van der Waals surface area contributed by atoms with Crippen LogP contribution >= 0.6 is 0 Å². The van der Waals surface area contributed by atoms with Crippen LogP contribution in [0.3, 0.4) is 0 Å². The number of amides is 1. The molecule has 2 aliphatic carbocycles. The van der Waals surface area contributed by atoms with Gasteiger partial charge in [0, 0.05) is 18.5 Å². The predicted molar refractivity (Wildman–Crippen MR) is 98.3 cm³/mol. The smallest absolute Gasteiger partial charge is 0.337 e. The first-order chi connectivity index (χ1) is 12.9. The maximum atomic E-state index is 12.6. The van der Waals surface area contributed by atoms with E-state index in [1.807, 2.05) is 4.90 Å². The summed E-state index contributed by atoms with van der Waals surface area (Å²) in [5.41, 5.74) is 0.330. The lowest BCUT2D eigenvalue weighted by Gasteiger charge is -2.35. The SMILES string of the molecule is COC(=O)c1ccc(O[C@@H]2C[C@@H]3CN(C(=O)C4(C)CC4)C[C@@H]3C[C@H]2O)cc1. The van der Waals surface area contributed by atoms with Crippen molar-refractivity contribution < 1.29 is 24.2 Å². The molecule has 0 unspecified atom stereocenters. The predicted octanol–water partition coefficient (Wildman–Crippen LogP) is 2.25. The molecule has 0 aromatic heterocycles. The van der Waals surface area contributed by atoms with E-state index in [1.54, 1.807) is 24.3 Å². The molecule has 146 valence electrons. The Balaban J connectivity index is 1.38. The molecule has 1 aromatic rings. The summed E-state index contributed by atoms with van der Waals surface area (Å²) < 4.78 is 10.7. The lowest BCUT2D eigenvalue weighted by molar-refractivity contribution is -0.135. The molecular formula is C21H27NO5. The number of fused-ring (bicyclic) bond motifs is 1. The number of nitrogens with zero attached hydrogens (tertiary/aromatic N) is 1. The zero-order chi connectivity index (χ0) is 19.2. The van der Waals surface area contributed by atoms with Crippen LogP contribution in [-0.2, 0) is 9.53 Å². The molecule has 4 atom stereocenters. The summed E-state index contributed by atoms with van der Waals surface area (Å²) in [7, 11) is 1.35. The highest BCUT2D eigenvalue weighted by Crippen LogP contribution is 2.48. The van der Waals surface area contributed by atoms with Crippen LogP contribution in [-0.4, -0.2) is 54.3 Å². The van der Waals surface area contributed by atoms with Gasteiger partial charge in [0.1, 0.15) is 11.9 Å². The van der Waals surface area contributed by atoms with Gasteiger partial charge in [-0.2, -0.15) is 0 Å². The van der Waals surface area contributed by atoms with Crippen LogP contribution in [0.4, 0.5) is 0 Å². The van der Waals surface area contributed by atoms with Crippen LogP contribution in [0.15, 0.2) is 24.3 Å². The fourth-order valence-corrected chi connectivity index (χ4v) is 4.43. The summed E-state index contributed by atoms with van der Waals surface area (Å²) >= 11 is 0. The van der Waals surface area contributed by atoms with Crippen molar-refractivity contribution in [1.82, 2.24) is 4.90 Å². The zero-order valence-electron chi connectivity index (χ0n) is 15.9. The monoisotopic (exact) mass is 373 g/mol. The Morgan fingerprint density at radius 3 is 2.33 bits per heavy atom. The molecule has 27 heavy (non-hydrogen) atoms. The molecule has 1 aliphatic heterocycles. The number of aliphatic hydroxyl groups is 1. The molecule has 3 aliphatic rings. The van der Waals surface area contributed by atoms with Crippen LogP contribution < -0.4 is 4.74 Å². The van der Waals surface area contributed by atoms with Crippen molar-refractivity contribution in [2.45, 2.75) is 44.8 Å². The van der Waals surface area contributed by atoms with E-state index in [9.17, 15) is 14.7 Å². The first kappa shape index (κ1) is 18.3. The highest BCUT2D eigenvalue weighted by molar-refractivity contribution is 5.89. The van der Waals surface area contributed by atoms with Crippen LogP contribution in [0.25, 0.3) is 0 Å². The number of carbonyl (C=O) groups is 2. The maximum Gasteiger partial charge on any atom is 0.337 e. The number of methoxy groups -OCH3 is 1. The number of ether oxygens (including phenoxy) is 2. The second kappa shape index (κ2) is 6.82. The molecule has 2 saturated carbocycles. The van der Waals surface area contributed by atoms with E-state index in [2.05, 4.69) is 6.92 Å². The van der Waals surface area contributed by atoms with Crippen LogP contribution in [0, 0.1) is 17.3 Å². The van der Waals surface area contributed by atoms with Crippen molar-refractivity contribution >= 4 is 11.9 Å². The van der Waals surface area contributed by atoms with Crippen LogP contribution in [0.1, 0.15) is 43.0 Å². The molecule has 3 fully saturated rings. The number of carbonyl (C=O) groups excluding carboxylic acids is 2. The number of rotatable bonds is 4. The molecule has 0 radical (unpaired) electrons. The number of hydrogen-bond donors (Lipinski definition) is 1. The minimum Gasteiger partial charge on any atom is -0.488 e. The third kappa shape index (κ3) is 3.55. The van der Waals surface area contributed by atoms with Gasteiger partial charge in [0.15, 0.2) is 0 Å². The first-order valence-electron chi connectivity index (χ1n) is 9.72. The second-order valence-corrected chi connectivity index (χ2v) is 8.50.